The Bertz CT molecular complexity index is 623. The molecule has 0 saturated carbocycles. The zero-order valence-electron chi connectivity index (χ0n) is 12.4. The molecule has 0 bridgehead atoms. The maximum Gasteiger partial charge on any atom is 0.131 e. The molecule has 1 unspecified atom stereocenters. The van der Waals surface area contributed by atoms with E-state index in [1.165, 1.54) is 25.3 Å². The van der Waals surface area contributed by atoms with Crippen molar-refractivity contribution in [3.05, 3.63) is 65.2 Å². The summed E-state index contributed by atoms with van der Waals surface area (Å²) in [6, 6.07) is 10.2. The van der Waals surface area contributed by atoms with Crippen LogP contribution in [0.2, 0.25) is 0 Å². The standard InChI is InChI=1S/C17H19F2NO/c1-17(2,11-4-6-12(18)7-5-11)16(20)14-9-8-13(21-3)10-15(14)19/h4-10,16H,20H2,1-3H3. The quantitative estimate of drug-likeness (QED) is 0.925. The van der Waals surface area contributed by atoms with Crippen LogP contribution in [0.3, 0.4) is 0 Å². The van der Waals surface area contributed by atoms with Gasteiger partial charge in [0.2, 0.25) is 0 Å². The van der Waals surface area contributed by atoms with E-state index in [-0.39, 0.29) is 5.82 Å². The first-order valence-electron chi connectivity index (χ1n) is 6.71. The summed E-state index contributed by atoms with van der Waals surface area (Å²) < 4.78 is 32.2. The van der Waals surface area contributed by atoms with E-state index in [0.29, 0.717) is 11.3 Å². The summed E-state index contributed by atoms with van der Waals surface area (Å²) in [6.07, 6.45) is 0. The van der Waals surface area contributed by atoms with Crippen molar-refractivity contribution in [1.82, 2.24) is 0 Å². The van der Waals surface area contributed by atoms with E-state index in [1.54, 1.807) is 24.3 Å². The minimum atomic E-state index is -0.561. The SMILES string of the molecule is COc1ccc(C(N)C(C)(C)c2ccc(F)cc2)c(F)c1. The van der Waals surface area contributed by atoms with Crippen molar-refractivity contribution in [1.29, 1.82) is 0 Å². The molecule has 21 heavy (non-hydrogen) atoms. The molecular weight excluding hydrogens is 272 g/mol. The minimum Gasteiger partial charge on any atom is -0.497 e. The van der Waals surface area contributed by atoms with E-state index in [1.807, 2.05) is 13.8 Å². The van der Waals surface area contributed by atoms with Crippen LogP contribution in [-0.2, 0) is 5.41 Å². The number of ether oxygens (including phenoxy) is 1. The van der Waals surface area contributed by atoms with Crippen LogP contribution in [0, 0.1) is 11.6 Å². The topological polar surface area (TPSA) is 35.2 Å². The van der Waals surface area contributed by atoms with E-state index < -0.39 is 17.3 Å². The fourth-order valence-corrected chi connectivity index (χ4v) is 2.33. The second kappa shape index (κ2) is 5.82. The molecule has 0 radical (unpaired) electrons. The molecule has 0 aliphatic heterocycles. The van der Waals surface area contributed by atoms with Gasteiger partial charge in [-0.2, -0.15) is 0 Å². The lowest BCUT2D eigenvalue weighted by Gasteiger charge is -2.33. The molecule has 2 aromatic carbocycles. The van der Waals surface area contributed by atoms with Gasteiger partial charge in [0.15, 0.2) is 0 Å². The molecular formula is C17H19F2NO. The molecule has 0 aliphatic carbocycles. The largest absolute Gasteiger partial charge is 0.497 e. The van der Waals surface area contributed by atoms with Gasteiger partial charge in [-0.25, -0.2) is 8.78 Å². The first-order valence-corrected chi connectivity index (χ1v) is 6.71. The first kappa shape index (κ1) is 15.4. The summed E-state index contributed by atoms with van der Waals surface area (Å²) in [7, 11) is 1.48. The van der Waals surface area contributed by atoms with Crippen molar-refractivity contribution in [3.63, 3.8) is 0 Å². The number of hydrogen-bond acceptors (Lipinski definition) is 2. The second-order valence-corrected chi connectivity index (χ2v) is 5.59. The van der Waals surface area contributed by atoms with E-state index >= 15 is 0 Å². The van der Waals surface area contributed by atoms with Gasteiger partial charge < -0.3 is 10.5 Å². The molecule has 0 fully saturated rings. The molecule has 0 amide bonds. The Kier molecular flexibility index (Phi) is 4.28. The van der Waals surface area contributed by atoms with E-state index in [9.17, 15) is 8.78 Å². The molecule has 1 atom stereocenters. The van der Waals surface area contributed by atoms with Gasteiger partial charge in [-0.1, -0.05) is 32.0 Å². The summed E-state index contributed by atoms with van der Waals surface area (Å²) in [4.78, 5) is 0. The van der Waals surface area contributed by atoms with Crippen LogP contribution >= 0.6 is 0 Å². The van der Waals surface area contributed by atoms with Gasteiger partial charge in [0.05, 0.1) is 7.11 Å². The van der Waals surface area contributed by atoms with Gasteiger partial charge >= 0.3 is 0 Å². The van der Waals surface area contributed by atoms with Crippen LogP contribution in [0.25, 0.3) is 0 Å². The van der Waals surface area contributed by atoms with Crippen molar-refractivity contribution >= 4 is 0 Å². The molecule has 0 spiro atoms. The van der Waals surface area contributed by atoms with E-state index in [2.05, 4.69) is 0 Å². The smallest absolute Gasteiger partial charge is 0.131 e. The highest BCUT2D eigenvalue weighted by Crippen LogP contribution is 2.36. The fourth-order valence-electron chi connectivity index (χ4n) is 2.33. The van der Waals surface area contributed by atoms with Gasteiger partial charge in [0.25, 0.3) is 0 Å². The summed E-state index contributed by atoms with van der Waals surface area (Å²) >= 11 is 0. The molecule has 2 nitrogen and oxygen atoms in total. The lowest BCUT2D eigenvalue weighted by Crippen LogP contribution is -2.33. The van der Waals surface area contributed by atoms with Gasteiger partial charge in [-0.3, -0.25) is 0 Å². The van der Waals surface area contributed by atoms with Gasteiger partial charge in [-0.15, -0.1) is 0 Å². The van der Waals surface area contributed by atoms with Crippen LogP contribution in [0.4, 0.5) is 8.78 Å². The normalized spacial score (nSPS) is 13.0. The molecule has 2 N–H and O–H groups in total. The number of halogens is 2. The predicted molar refractivity (Wildman–Crippen MR) is 79.3 cm³/mol. The molecule has 2 aromatic rings. The lowest BCUT2D eigenvalue weighted by atomic mass is 9.75. The summed E-state index contributed by atoms with van der Waals surface area (Å²) in [6.45, 7) is 3.82. The Morgan fingerprint density at radius 1 is 1.05 bits per heavy atom. The maximum absolute atomic E-state index is 14.2. The maximum atomic E-state index is 14.2. The predicted octanol–water partition coefficient (Wildman–Crippen LogP) is 3.95. The number of benzene rings is 2. The summed E-state index contributed by atoms with van der Waals surface area (Å²) in [5, 5.41) is 0. The Balaban J connectivity index is 2.37. The van der Waals surface area contributed by atoms with Crippen molar-refractivity contribution < 1.29 is 13.5 Å². The zero-order chi connectivity index (χ0) is 15.6. The van der Waals surface area contributed by atoms with Crippen LogP contribution in [0.15, 0.2) is 42.5 Å². The third-order valence-corrected chi connectivity index (χ3v) is 3.91. The molecule has 0 saturated heterocycles. The van der Waals surface area contributed by atoms with Crippen molar-refractivity contribution in [2.45, 2.75) is 25.3 Å². The first-order chi connectivity index (χ1) is 9.86. The molecule has 0 heterocycles. The Morgan fingerprint density at radius 3 is 2.19 bits per heavy atom. The number of rotatable bonds is 4. The monoisotopic (exact) mass is 291 g/mol. The third kappa shape index (κ3) is 3.05. The van der Waals surface area contributed by atoms with Crippen molar-refractivity contribution in [2.75, 3.05) is 7.11 Å². The van der Waals surface area contributed by atoms with Crippen LogP contribution < -0.4 is 10.5 Å². The highest BCUT2D eigenvalue weighted by atomic mass is 19.1. The summed E-state index contributed by atoms with van der Waals surface area (Å²) in [5.41, 5.74) is 6.98. The molecule has 0 aliphatic rings. The highest BCUT2D eigenvalue weighted by Gasteiger charge is 2.31. The zero-order valence-corrected chi connectivity index (χ0v) is 12.4. The fraction of sp³-hybridized carbons (Fsp3) is 0.294. The molecule has 0 aromatic heterocycles. The average Bonchev–Trinajstić information content (AvgIpc) is 2.46. The number of methoxy groups -OCH3 is 1. The molecule has 4 heteroatoms. The van der Waals surface area contributed by atoms with Crippen molar-refractivity contribution in [2.24, 2.45) is 5.73 Å². The van der Waals surface area contributed by atoms with E-state index in [4.69, 9.17) is 10.5 Å². The average molecular weight is 291 g/mol. The van der Waals surface area contributed by atoms with Gasteiger partial charge in [0, 0.05) is 23.1 Å². The van der Waals surface area contributed by atoms with Gasteiger partial charge in [-0.05, 0) is 23.8 Å². The number of hydrogen-bond donors (Lipinski definition) is 1. The Morgan fingerprint density at radius 2 is 1.67 bits per heavy atom. The number of nitrogens with two attached hydrogens (primary N) is 1. The lowest BCUT2D eigenvalue weighted by molar-refractivity contribution is 0.395. The highest BCUT2D eigenvalue weighted by molar-refractivity contribution is 5.36. The summed E-state index contributed by atoms with van der Waals surface area (Å²) in [5.74, 6) is -0.265. The van der Waals surface area contributed by atoms with Gasteiger partial charge in [0.1, 0.15) is 17.4 Å². The third-order valence-electron chi connectivity index (χ3n) is 3.91. The minimum absolute atomic E-state index is 0.307. The van der Waals surface area contributed by atoms with Crippen molar-refractivity contribution in [3.8, 4) is 5.75 Å². The Hall–Kier alpha value is -1.94. The second-order valence-electron chi connectivity index (χ2n) is 5.59. The molecule has 2 rings (SSSR count). The Labute approximate surface area is 123 Å². The van der Waals surface area contributed by atoms with E-state index in [0.717, 1.165) is 5.56 Å². The van der Waals surface area contributed by atoms with Crippen LogP contribution in [0.5, 0.6) is 5.75 Å². The van der Waals surface area contributed by atoms with Crippen LogP contribution in [0.1, 0.15) is 31.0 Å². The van der Waals surface area contributed by atoms with Crippen LogP contribution in [-0.4, -0.2) is 7.11 Å². The molecule has 112 valence electrons.